The van der Waals surface area contributed by atoms with Crippen LogP contribution in [-0.2, 0) is 9.47 Å². The van der Waals surface area contributed by atoms with Crippen LogP contribution in [0, 0.1) is 0 Å². The van der Waals surface area contributed by atoms with Gasteiger partial charge in [-0.1, -0.05) is 0 Å². The van der Waals surface area contributed by atoms with E-state index in [1.807, 2.05) is 0 Å². The summed E-state index contributed by atoms with van der Waals surface area (Å²) in [4.78, 5) is 11.4. The number of rotatable bonds is 4. The van der Waals surface area contributed by atoms with E-state index in [4.69, 9.17) is 14.2 Å². The van der Waals surface area contributed by atoms with Gasteiger partial charge >= 0.3 is 5.97 Å². The molecule has 1 aliphatic heterocycles. The fraction of sp³-hybridized carbons (Fsp3) is 0.462. The third-order valence-electron chi connectivity index (χ3n) is 2.56. The molecule has 4 nitrogen and oxygen atoms in total. The van der Waals surface area contributed by atoms with Gasteiger partial charge in [0, 0.05) is 6.42 Å². The summed E-state index contributed by atoms with van der Waals surface area (Å²) in [6.45, 7) is 3.57. The molecule has 0 aromatic heterocycles. The van der Waals surface area contributed by atoms with Crippen molar-refractivity contribution in [3.63, 3.8) is 0 Å². The van der Waals surface area contributed by atoms with Crippen molar-refractivity contribution in [2.45, 2.75) is 19.4 Å². The van der Waals surface area contributed by atoms with Gasteiger partial charge in [0.15, 0.2) is 0 Å². The molecule has 0 radical (unpaired) electrons. The molecule has 17 heavy (non-hydrogen) atoms. The van der Waals surface area contributed by atoms with Crippen LogP contribution in [0.5, 0.6) is 5.75 Å². The smallest absolute Gasteiger partial charge is 0.338 e. The van der Waals surface area contributed by atoms with E-state index in [1.54, 1.807) is 31.2 Å². The second kappa shape index (κ2) is 5.68. The van der Waals surface area contributed by atoms with Gasteiger partial charge in [0.1, 0.15) is 11.9 Å². The lowest BCUT2D eigenvalue weighted by atomic mass is 10.2. The minimum atomic E-state index is -0.303. The zero-order chi connectivity index (χ0) is 12.1. The fourth-order valence-electron chi connectivity index (χ4n) is 1.68. The average molecular weight is 236 g/mol. The zero-order valence-corrected chi connectivity index (χ0v) is 9.85. The Morgan fingerprint density at radius 3 is 2.76 bits per heavy atom. The van der Waals surface area contributed by atoms with Crippen molar-refractivity contribution in [3.8, 4) is 5.75 Å². The van der Waals surface area contributed by atoms with E-state index in [0.29, 0.717) is 18.8 Å². The summed E-state index contributed by atoms with van der Waals surface area (Å²) in [5.74, 6) is 0.455. The number of ether oxygens (including phenoxy) is 3. The average Bonchev–Trinajstić information content (AvgIpc) is 2.83. The molecule has 1 saturated heterocycles. The van der Waals surface area contributed by atoms with E-state index in [1.165, 1.54) is 0 Å². The first-order chi connectivity index (χ1) is 8.29. The van der Waals surface area contributed by atoms with Gasteiger partial charge in [-0.05, 0) is 31.2 Å². The van der Waals surface area contributed by atoms with Crippen LogP contribution in [0.1, 0.15) is 23.7 Å². The van der Waals surface area contributed by atoms with Crippen molar-refractivity contribution < 1.29 is 19.0 Å². The summed E-state index contributed by atoms with van der Waals surface area (Å²) >= 11 is 0. The predicted octanol–water partition coefficient (Wildman–Crippen LogP) is 2.03. The summed E-state index contributed by atoms with van der Waals surface area (Å²) in [6, 6.07) is 6.99. The number of hydrogen-bond donors (Lipinski definition) is 0. The van der Waals surface area contributed by atoms with Crippen molar-refractivity contribution in [2.75, 3.05) is 19.8 Å². The van der Waals surface area contributed by atoms with Gasteiger partial charge in [0.05, 0.1) is 25.4 Å². The molecule has 1 aliphatic rings. The van der Waals surface area contributed by atoms with Crippen LogP contribution >= 0.6 is 0 Å². The first kappa shape index (κ1) is 11.9. The lowest BCUT2D eigenvalue weighted by Crippen LogP contribution is -2.15. The summed E-state index contributed by atoms with van der Waals surface area (Å²) in [6.07, 6.45) is 1.04. The summed E-state index contributed by atoms with van der Waals surface area (Å²) in [7, 11) is 0. The summed E-state index contributed by atoms with van der Waals surface area (Å²) < 4.78 is 15.8. The van der Waals surface area contributed by atoms with E-state index >= 15 is 0 Å². The highest BCUT2D eigenvalue weighted by molar-refractivity contribution is 5.89. The maximum absolute atomic E-state index is 11.4. The molecule has 0 spiro atoms. The van der Waals surface area contributed by atoms with Gasteiger partial charge in [0.2, 0.25) is 0 Å². The first-order valence-corrected chi connectivity index (χ1v) is 5.81. The Labute approximate surface area is 100 Å². The van der Waals surface area contributed by atoms with E-state index in [9.17, 15) is 4.79 Å². The summed E-state index contributed by atoms with van der Waals surface area (Å²) in [5, 5.41) is 0. The Kier molecular flexibility index (Phi) is 3.98. The molecule has 2 rings (SSSR count). The Morgan fingerprint density at radius 1 is 1.41 bits per heavy atom. The number of carbonyl (C=O) groups is 1. The lowest BCUT2D eigenvalue weighted by Gasteiger charge is -2.11. The highest BCUT2D eigenvalue weighted by Gasteiger charge is 2.17. The third kappa shape index (κ3) is 3.20. The van der Waals surface area contributed by atoms with Crippen LogP contribution in [0.2, 0.25) is 0 Å². The second-order valence-corrected chi connectivity index (χ2v) is 3.85. The predicted molar refractivity (Wildman–Crippen MR) is 62.3 cm³/mol. The molecular formula is C13H16O4. The normalized spacial score (nSPS) is 19.0. The molecule has 1 heterocycles. The van der Waals surface area contributed by atoms with Gasteiger partial charge < -0.3 is 14.2 Å². The lowest BCUT2D eigenvalue weighted by molar-refractivity contribution is 0.0526. The molecule has 0 aliphatic carbocycles. The molecule has 1 aromatic rings. The van der Waals surface area contributed by atoms with Crippen molar-refractivity contribution in [2.24, 2.45) is 0 Å². The van der Waals surface area contributed by atoms with Crippen LogP contribution in [-0.4, -0.2) is 31.9 Å². The van der Waals surface area contributed by atoms with Gasteiger partial charge in [-0.3, -0.25) is 0 Å². The van der Waals surface area contributed by atoms with Crippen molar-refractivity contribution in [1.82, 2.24) is 0 Å². The van der Waals surface area contributed by atoms with E-state index in [0.717, 1.165) is 18.8 Å². The first-order valence-electron chi connectivity index (χ1n) is 5.81. The SMILES string of the molecule is CCOC(=O)c1ccc(OC2CCOC2)cc1. The molecule has 0 saturated carbocycles. The largest absolute Gasteiger partial charge is 0.488 e. The van der Waals surface area contributed by atoms with Crippen LogP contribution < -0.4 is 4.74 Å². The van der Waals surface area contributed by atoms with Gasteiger partial charge in [-0.15, -0.1) is 0 Å². The zero-order valence-electron chi connectivity index (χ0n) is 9.85. The molecule has 1 fully saturated rings. The van der Waals surface area contributed by atoms with Gasteiger partial charge in [-0.2, -0.15) is 0 Å². The topological polar surface area (TPSA) is 44.8 Å². The highest BCUT2D eigenvalue weighted by atomic mass is 16.5. The molecule has 92 valence electrons. The third-order valence-corrected chi connectivity index (χ3v) is 2.56. The Hall–Kier alpha value is -1.55. The molecule has 1 atom stereocenters. The Bertz CT molecular complexity index is 366. The van der Waals surface area contributed by atoms with Crippen LogP contribution in [0.4, 0.5) is 0 Å². The van der Waals surface area contributed by atoms with E-state index < -0.39 is 0 Å². The monoisotopic (exact) mass is 236 g/mol. The van der Waals surface area contributed by atoms with Crippen molar-refractivity contribution in [1.29, 1.82) is 0 Å². The molecule has 0 amide bonds. The minimum Gasteiger partial charge on any atom is -0.488 e. The number of benzene rings is 1. The molecule has 1 aromatic carbocycles. The number of esters is 1. The van der Waals surface area contributed by atoms with E-state index in [2.05, 4.69) is 0 Å². The van der Waals surface area contributed by atoms with Crippen molar-refractivity contribution in [3.05, 3.63) is 29.8 Å². The minimum absolute atomic E-state index is 0.128. The second-order valence-electron chi connectivity index (χ2n) is 3.85. The molecular weight excluding hydrogens is 220 g/mol. The maximum Gasteiger partial charge on any atom is 0.338 e. The van der Waals surface area contributed by atoms with Crippen LogP contribution in [0.3, 0.4) is 0 Å². The quantitative estimate of drug-likeness (QED) is 0.750. The molecule has 1 unspecified atom stereocenters. The summed E-state index contributed by atoms with van der Waals surface area (Å²) in [5.41, 5.74) is 0.543. The fourth-order valence-corrected chi connectivity index (χ4v) is 1.68. The van der Waals surface area contributed by atoms with Gasteiger partial charge in [0.25, 0.3) is 0 Å². The number of hydrogen-bond acceptors (Lipinski definition) is 4. The highest BCUT2D eigenvalue weighted by Crippen LogP contribution is 2.17. The van der Waals surface area contributed by atoms with Crippen LogP contribution in [0.25, 0.3) is 0 Å². The van der Waals surface area contributed by atoms with Crippen molar-refractivity contribution >= 4 is 5.97 Å². The Balaban J connectivity index is 1.94. The van der Waals surface area contributed by atoms with Crippen LogP contribution in [0.15, 0.2) is 24.3 Å². The number of carbonyl (C=O) groups excluding carboxylic acids is 1. The molecule has 0 bridgehead atoms. The molecule has 0 N–H and O–H groups in total. The standard InChI is InChI=1S/C13H16O4/c1-2-16-13(14)10-3-5-11(6-4-10)17-12-7-8-15-9-12/h3-6,12H,2,7-9H2,1H3. The maximum atomic E-state index is 11.4. The Morgan fingerprint density at radius 2 is 2.18 bits per heavy atom. The molecule has 4 heteroatoms. The van der Waals surface area contributed by atoms with Gasteiger partial charge in [-0.25, -0.2) is 4.79 Å². The van der Waals surface area contributed by atoms with E-state index in [-0.39, 0.29) is 12.1 Å².